The van der Waals surface area contributed by atoms with Crippen molar-refractivity contribution in [1.29, 1.82) is 0 Å². The maximum absolute atomic E-state index is 11.8. The van der Waals surface area contributed by atoms with E-state index in [4.69, 9.17) is 4.74 Å². The Kier molecular flexibility index (Phi) is 4.33. The van der Waals surface area contributed by atoms with Crippen LogP contribution >= 0.6 is 27.3 Å². The molecular weight excluding hydrogens is 316 g/mol. The molecule has 1 aromatic heterocycles. The Bertz CT molecular complexity index is 531. The molecule has 0 radical (unpaired) electrons. The number of benzene rings is 1. The lowest BCUT2D eigenvalue weighted by Gasteiger charge is -2.13. The van der Waals surface area contributed by atoms with E-state index < -0.39 is 6.10 Å². The van der Waals surface area contributed by atoms with Crippen LogP contribution in [0.5, 0.6) is 5.75 Å². The van der Waals surface area contributed by atoms with Crippen LogP contribution in [0.1, 0.15) is 6.92 Å². The first-order valence-electron chi connectivity index (χ1n) is 5.28. The van der Waals surface area contributed by atoms with E-state index in [-0.39, 0.29) is 5.91 Å². The molecule has 1 N–H and O–H groups in total. The Balaban J connectivity index is 1.95. The van der Waals surface area contributed by atoms with Crippen LogP contribution in [-0.4, -0.2) is 17.0 Å². The van der Waals surface area contributed by atoms with Crippen molar-refractivity contribution >= 4 is 38.3 Å². The number of nitrogens with one attached hydrogen (secondary N) is 1. The van der Waals surface area contributed by atoms with Gasteiger partial charge in [0.1, 0.15) is 5.75 Å². The number of halogens is 1. The first-order chi connectivity index (χ1) is 8.65. The van der Waals surface area contributed by atoms with Crippen molar-refractivity contribution < 1.29 is 9.53 Å². The van der Waals surface area contributed by atoms with E-state index in [1.54, 1.807) is 24.6 Å². The van der Waals surface area contributed by atoms with Gasteiger partial charge in [-0.15, -0.1) is 11.3 Å². The Hall–Kier alpha value is -1.40. The molecule has 1 atom stereocenters. The molecule has 0 saturated carbocycles. The molecule has 94 valence electrons. The molecule has 0 fully saturated rings. The van der Waals surface area contributed by atoms with Crippen molar-refractivity contribution in [3.05, 3.63) is 40.3 Å². The number of carbonyl (C=O) groups excluding carboxylic acids is 1. The minimum atomic E-state index is -0.580. The summed E-state index contributed by atoms with van der Waals surface area (Å²) in [5.41, 5.74) is 0. The third-order valence-corrected chi connectivity index (χ3v) is 3.32. The van der Waals surface area contributed by atoms with Crippen molar-refractivity contribution in [2.24, 2.45) is 0 Å². The van der Waals surface area contributed by atoms with Gasteiger partial charge in [-0.05, 0) is 25.1 Å². The van der Waals surface area contributed by atoms with Crippen LogP contribution in [0.2, 0.25) is 0 Å². The van der Waals surface area contributed by atoms with Crippen LogP contribution < -0.4 is 10.1 Å². The van der Waals surface area contributed by atoms with Gasteiger partial charge < -0.3 is 4.74 Å². The largest absolute Gasteiger partial charge is 0.481 e. The van der Waals surface area contributed by atoms with Gasteiger partial charge in [-0.25, -0.2) is 4.98 Å². The smallest absolute Gasteiger partial charge is 0.266 e. The van der Waals surface area contributed by atoms with Crippen molar-refractivity contribution in [2.75, 3.05) is 5.32 Å². The molecule has 18 heavy (non-hydrogen) atoms. The third-order valence-electron chi connectivity index (χ3n) is 2.14. The second-order valence-corrected chi connectivity index (χ2v) is 5.35. The molecular formula is C12H11BrN2O2S. The number of ether oxygens (including phenoxy) is 1. The quantitative estimate of drug-likeness (QED) is 0.937. The molecule has 0 aliphatic carbocycles. The van der Waals surface area contributed by atoms with Gasteiger partial charge in [0, 0.05) is 16.0 Å². The third kappa shape index (κ3) is 3.54. The summed E-state index contributed by atoms with van der Waals surface area (Å²) in [6, 6.07) is 7.36. The molecule has 0 saturated heterocycles. The fraction of sp³-hybridized carbons (Fsp3) is 0.167. The maximum atomic E-state index is 11.8. The molecule has 0 bridgehead atoms. The number of hydrogen-bond acceptors (Lipinski definition) is 4. The molecule has 0 aliphatic rings. The van der Waals surface area contributed by atoms with Gasteiger partial charge in [0.2, 0.25) is 0 Å². The Labute approximate surface area is 117 Å². The maximum Gasteiger partial charge on any atom is 0.266 e. The van der Waals surface area contributed by atoms with Crippen molar-refractivity contribution in [2.45, 2.75) is 13.0 Å². The molecule has 0 spiro atoms. The van der Waals surface area contributed by atoms with Gasteiger partial charge in [-0.3, -0.25) is 10.1 Å². The van der Waals surface area contributed by atoms with Crippen LogP contribution in [0.3, 0.4) is 0 Å². The van der Waals surface area contributed by atoms with Gasteiger partial charge in [0.15, 0.2) is 11.2 Å². The number of aromatic nitrogens is 1. The summed E-state index contributed by atoms with van der Waals surface area (Å²) < 4.78 is 6.45. The zero-order valence-electron chi connectivity index (χ0n) is 9.59. The molecule has 1 aromatic carbocycles. The van der Waals surface area contributed by atoms with Gasteiger partial charge in [0.05, 0.1) is 0 Å². The lowest BCUT2D eigenvalue weighted by Crippen LogP contribution is -2.30. The highest BCUT2D eigenvalue weighted by molar-refractivity contribution is 9.10. The van der Waals surface area contributed by atoms with Crippen molar-refractivity contribution in [1.82, 2.24) is 4.98 Å². The summed E-state index contributed by atoms with van der Waals surface area (Å²) in [7, 11) is 0. The fourth-order valence-corrected chi connectivity index (χ4v) is 2.20. The normalized spacial score (nSPS) is 11.9. The molecule has 2 rings (SSSR count). The van der Waals surface area contributed by atoms with E-state index in [1.165, 1.54) is 11.3 Å². The predicted octanol–water partition coefficient (Wildman–Crippen LogP) is 3.31. The number of amides is 1. The lowest BCUT2D eigenvalue weighted by atomic mass is 10.3. The van der Waals surface area contributed by atoms with Crippen LogP contribution in [0.4, 0.5) is 5.13 Å². The minimum absolute atomic E-state index is 0.218. The number of rotatable bonds is 4. The molecule has 6 heteroatoms. The molecule has 1 amide bonds. The lowest BCUT2D eigenvalue weighted by molar-refractivity contribution is -0.122. The standard InChI is InChI=1S/C12H11BrN2O2S/c1-8(11(16)15-12-14-5-6-18-12)17-10-4-2-3-9(13)7-10/h2-8H,1H3,(H,14,15,16)/t8-/m0/s1. The zero-order chi connectivity index (χ0) is 13.0. The summed E-state index contributed by atoms with van der Waals surface area (Å²) in [4.78, 5) is 15.8. The number of anilines is 1. The van der Waals surface area contributed by atoms with E-state index in [2.05, 4.69) is 26.2 Å². The number of nitrogens with zero attached hydrogens (tertiary/aromatic N) is 1. The number of hydrogen-bond donors (Lipinski definition) is 1. The number of thiazole rings is 1. The van der Waals surface area contributed by atoms with E-state index in [1.807, 2.05) is 18.2 Å². The van der Waals surface area contributed by atoms with Crippen LogP contribution in [0, 0.1) is 0 Å². The Morgan fingerprint density at radius 2 is 2.39 bits per heavy atom. The van der Waals surface area contributed by atoms with E-state index in [9.17, 15) is 4.79 Å². The average Bonchev–Trinajstić information content (AvgIpc) is 2.81. The second kappa shape index (κ2) is 5.97. The highest BCUT2D eigenvalue weighted by Gasteiger charge is 2.15. The van der Waals surface area contributed by atoms with E-state index >= 15 is 0 Å². The molecule has 0 aliphatic heterocycles. The molecule has 1 heterocycles. The summed E-state index contributed by atoms with van der Waals surface area (Å²) in [5.74, 6) is 0.427. The molecule has 4 nitrogen and oxygen atoms in total. The predicted molar refractivity (Wildman–Crippen MR) is 75.0 cm³/mol. The first kappa shape index (κ1) is 13.0. The number of carbonyl (C=O) groups is 1. The van der Waals surface area contributed by atoms with Gasteiger partial charge in [-0.1, -0.05) is 22.0 Å². The summed E-state index contributed by atoms with van der Waals surface area (Å²) in [6.45, 7) is 1.70. The summed E-state index contributed by atoms with van der Waals surface area (Å²) in [6.07, 6.45) is 1.06. The molecule has 0 unspecified atom stereocenters. The summed E-state index contributed by atoms with van der Waals surface area (Å²) >= 11 is 4.72. The topological polar surface area (TPSA) is 51.2 Å². The van der Waals surface area contributed by atoms with Gasteiger partial charge in [-0.2, -0.15) is 0 Å². The Morgan fingerprint density at radius 1 is 1.56 bits per heavy atom. The van der Waals surface area contributed by atoms with E-state index in [0.29, 0.717) is 10.9 Å². The van der Waals surface area contributed by atoms with Crippen molar-refractivity contribution in [3.8, 4) is 5.75 Å². The van der Waals surface area contributed by atoms with Crippen LogP contribution in [0.25, 0.3) is 0 Å². The molecule has 2 aromatic rings. The average molecular weight is 327 g/mol. The highest BCUT2D eigenvalue weighted by Crippen LogP contribution is 2.19. The summed E-state index contributed by atoms with van der Waals surface area (Å²) in [5, 5.41) is 5.06. The van der Waals surface area contributed by atoms with Crippen LogP contribution in [0.15, 0.2) is 40.3 Å². The van der Waals surface area contributed by atoms with Crippen molar-refractivity contribution in [3.63, 3.8) is 0 Å². The van der Waals surface area contributed by atoms with E-state index in [0.717, 1.165) is 4.47 Å². The minimum Gasteiger partial charge on any atom is -0.481 e. The Morgan fingerprint density at radius 3 is 3.06 bits per heavy atom. The SMILES string of the molecule is C[C@H](Oc1cccc(Br)c1)C(=O)Nc1nccs1. The fourth-order valence-electron chi connectivity index (χ4n) is 1.29. The van der Waals surface area contributed by atoms with Gasteiger partial charge >= 0.3 is 0 Å². The zero-order valence-corrected chi connectivity index (χ0v) is 12.0. The first-order valence-corrected chi connectivity index (χ1v) is 6.95. The monoisotopic (exact) mass is 326 g/mol. The second-order valence-electron chi connectivity index (χ2n) is 3.54. The van der Waals surface area contributed by atoms with Gasteiger partial charge in [0.25, 0.3) is 5.91 Å². The highest BCUT2D eigenvalue weighted by atomic mass is 79.9. The van der Waals surface area contributed by atoms with Crippen LogP contribution in [-0.2, 0) is 4.79 Å².